The van der Waals surface area contributed by atoms with E-state index in [4.69, 9.17) is 5.26 Å². The number of amides is 2. The van der Waals surface area contributed by atoms with Crippen LogP contribution in [0.3, 0.4) is 0 Å². The van der Waals surface area contributed by atoms with Gasteiger partial charge in [0, 0.05) is 29.4 Å². The predicted molar refractivity (Wildman–Crippen MR) is 98.3 cm³/mol. The zero-order valence-electron chi connectivity index (χ0n) is 14.2. The van der Waals surface area contributed by atoms with Gasteiger partial charge in [0.2, 0.25) is 5.91 Å². The fraction of sp³-hybridized carbons (Fsp3) is 0.222. The third-order valence-corrected chi connectivity index (χ3v) is 4.77. The fourth-order valence-corrected chi connectivity index (χ4v) is 3.40. The second kappa shape index (κ2) is 7.45. The van der Waals surface area contributed by atoms with Crippen molar-refractivity contribution < 1.29 is 14.3 Å². The Labute approximate surface area is 154 Å². The second-order valence-corrected chi connectivity index (χ2v) is 6.42. The molecule has 8 heteroatoms. The van der Waals surface area contributed by atoms with Crippen molar-refractivity contribution in [1.82, 2.24) is 4.98 Å². The first-order valence-corrected chi connectivity index (χ1v) is 9.02. The number of nitrogens with zero attached hydrogens (tertiary/aromatic N) is 2. The largest absolute Gasteiger partial charge is 0.453 e. The van der Waals surface area contributed by atoms with E-state index in [0.29, 0.717) is 22.0 Å². The van der Waals surface area contributed by atoms with E-state index in [-0.39, 0.29) is 18.2 Å². The normalized spacial score (nSPS) is 15.4. The quantitative estimate of drug-likeness (QED) is 0.805. The summed E-state index contributed by atoms with van der Waals surface area (Å²) in [5.74, 6) is -0.348. The molecule has 2 aromatic rings. The Morgan fingerprint density at radius 2 is 2.23 bits per heavy atom. The summed E-state index contributed by atoms with van der Waals surface area (Å²) >= 11 is 1.40. The van der Waals surface area contributed by atoms with Crippen LogP contribution in [0.1, 0.15) is 29.2 Å². The summed E-state index contributed by atoms with van der Waals surface area (Å²) in [4.78, 5) is 28.1. The van der Waals surface area contributed by atoms with E-state index < -0.39 is 6.09 Å². The molecule has 0 aliphatic carbocycles. The summed E-state index contributed by atoms with van der Waals surface area (Å²) in [6.07, 6.45) is 1.55. The number of ether oxygens (including phenoxy) is 1. The number of carbonyl (C=O) groups is 2. The van der Waals surface area contributed by atoms with Gasteiger partial charge < -0.3 is 10.1 Å². The Kier molecular flexibility index (Phi) is 5.09. The summed E-state index contributed by atoms with van der Waals surface area (Å²) in [6, 6.07) is 10.9. The molecule has 0 saturated carbocycles. The van der Waals surface area contributed by atoms with E-state index in [1.807, 2.05) is 12.3 Å². The van der Waals surface area contributed by atoms with Crippen LogP contribution in [0.15, 0.2) is 35.4 Å². The van der Waals surface area contributed by atoms with Crippen molar-refractivity contribution in [3.05, 3.63) is 47.2 Å². The first-order valence-electron chi connectivity index (χ1n) is 7.79. The van der Waals surface area contributed by atoms with Crippen LogP contribution in [0.5, 0.6) is 0 Å². The lowest BCUT2D eigenvalue weighted by Gasteiger charge is -2.26. The molecule has 7 nitrogen and oxygen atoms in total. The Hall–Kier alpha value is -3.05. The molecule has 2 N–H and O–H groups in total. The van der Waals surface area contributed by atoms with E-state index >= 15 is 0 Å². The Balaban J connectivity index is 2.00. The van der Waals surface area contributed by atoms with Crippen molar-refractivity contribution in [2.45, 2.75) is 17.4 Å². The maximum absolute atomic E-state index is 12.2. The number of nitrogens with one attached hydrogen (secondary N) is 2. The molecule has 0 bridgehead atoms. The maximum Gasteiger partial charge on any atom is 0.411 e. The summed E-state index contributed by atoms with van der Waals surface area (Å²) < 4.78 is 4.58. The summed E-state index contributed by atoms with van der Waals surface area (Å²) in [6.45, 7) is 0. The molecule has 0 radical (unpaired) electrons. The second-order valence-electron chi connectivity index (χ2n) is 5.63. The van der Waals surface area contributed by atoms with Gasteiger partial charge in [-0.3, -0.25) is 10.1 Å². The SMILES string of the molecule is COC(=O)Nc1ccc2c(c1)NC(=O)CC2c1ccc(C#N)c(SC)n1. The first-order chi connectivity index (χ1) is 12.5. The molecular formula is C18H16N4O3S. The highest BCUT2D eigenvalue weighted by Crippen LogP contribution is 2.38. The number of rotatable bonds is 3. The van der Waals surface area contributed by atoms with Gasteiger partial charge in [0.25, 0.3) is 0 Å². The molecule has 1 atom stereocenters. The predicted octanol–water partition coefficient (Wildman–Crippen LogP) is 3.33. The standard InChI is InChI=1S/C18H16N4O3S/c1-25-18(24)20-11-4-5-12-13(8-16(23)21-15(12)7-11)14-6-3-10(9-19)17(22-14)26-2/h3-7,13H,8H2,1-2H3,(H,20,24)(H,21,23). The smallest absolute Gasteiger partial charge is 0.411 e. The van der Waals surface area contributed by atoms with Gasteiger partial charge in [-0.25, -0.2) is 9.78 Å². The van der Waals surface area contributed by atoms with Gasteiger partial charge in [-0.15, -0.1) is 11.8 Å². The van der Waals surface area contributed by atoms with Crippen LogP contribution in [-0.4, -0.2) is 30.3 Å². The first kappa shape index (κ1) is 17.8. The minimum atomic E-state index is -0.581. The number of hydrogen-bond donors (Lipinski definition) is 2. The zero-order valence-corrected chi connectivity index (χ0v) is 15.0. The Bertz CT molecular complexity index is 923. The van der Waals surface area contributed by atoms with Crippen LogP contribution in [0.2, 0.25) is 0 Å². The molecule has 1 aromatic heterocycles. The van der Waals surface area contributed by atoms with Gasteiger partial charge in [-0.1, -0.05) is 6.07 Å². The lowest BCUT2D eigenvalue weighted by atomic mass is 9.87. The Morgan fingerprint density at radius 3 is 2.92 bits per heavy atom. The summed E-state index contributed by atoms with van der Waals surface area (Å²) in [5, 5.41) is 15.2. The molecule has 0 fully saturated rings. The molecular weight excluding hydrogens is 352 g/mol. The van der Waals surface area contributed by atoms with Crippen molar-refractivity contribution >= 4 is 35.1 Å². The lowest BCUT2D eigenvalue weighted by Crippen LogP contribution is -2.24. The molecule has 0 saturated heterocycles. The average Bonchev–Trinajstić information content (AvgIpc) is 2.66. The van der Waals surface area contributed by atoms with Crippen molar-refractivity contribution in [3.63, 3.8) is 0 Å². The third-order valence-electron chi connectivity index (χ3n) is 4.08. The fourth-order valence-electron chi connectivity index (χ4n) is 2.87. The molecule has 1 aliphatic rings. The number of benzene rings is 1. The number of thioether (sulfide) groups is 1. The van der Waals surface area contributed by atoms with Gasteiger partial charge in [0.1, 0.15) is 11.1 Å². The van der Waals surface area contributed by atoms with E-state index in [9.17, 15) is 9.59 Å². The van der Waals surface area contributed by atoms with Crippen LogP contribution in [0.25, 0.3) is 0 Å². The third kappa shape index (κ3) is 3.48. The highest BCUT2D eigenvalue weighted by Gasteiger charge is 2.28. The van der Waals surface area contributed by atoms with Crippen molar-refractivity contribution in [3.8, 4) is 6.07 Å². The minimum absolute atomic E-state index is 0.130. The van der Waals surface area contributed by atoms with E-state index in [0.717, 1.165) is 11.3 Å². The average molecular weight is 368 g/mol. The number of anilines is 2. The van der Waals surface area contributed by atoms with Crippen LogP contribution >= 0.6 is 11.8 Å². The lowest BCUT2D eigenvalue weighted by molar-refractivity contribution is -0.116. The van der Waals surface area contributed by atoms with E-state index in [1.165, 1.54) is 18.9 Å². The number of carbonyl (C=O) groups excluding carboxylic acids is 2. The van der Waals surface area contributed by atoms with Crippen LogP contribution in [-0.2, 0) is 9.53 Å². The van der Waals surface area contributed by atoms with Crippen molar-refractivity contribution in [2.24, 2.45) is 0 Å². The van der Waals surface area contributed by atoms with Gasteiger partial charge in [-0.05, 0) is 36.1 Å². The zero-order chi connectivity index (χ0) is 18.7. The topological polar surface area (TPSA) is 104 Å². The van der Waals surface area contributed by atoms with Crippen molar-refractivity contribution in [1.29, 1.82) is 5.26 Å². The van der Waals surface area contributed by atoms with Gasteiger partial charge >= 0.3 is 6.09 Å². The highest BCUT2D eigenvalue weighted by molar-refractivity contribution is 7.98. The van der Waals surface area contributed by atoms with Gasteiger partial charge in [0.15, 0.2) is 0 Å². The molecule has 26 heavy (non-hydrogen) atoms. The van der Waals surface area contributed by atoms with Gasteiger partial charge in [0.05, 0.1) is 12.7 Å². The number of fused-ring (bicyclic) bond motifs is 1. The van der Waals surface area contributed by atoms with E-state index in [2.05, 4.69) is 26.4 Å². The summed E-state index contributed by atoms with van der Waals surface area (Å²) in [5.41, 5.74) is 3.30. The molecule has 1 aromatic carbocycles. The maximum atomic E-state index is 12.2. The Morgan fingerprint density at radius 1 is 1.42 bits per heavy atom. The monoisotopic (exact) mass is 368 g/mol. The van der Waals surface area contributed by atoms with Crippen LogP contribution in [0, 0.1) is 11.3 Å². The molecule has 1 unspecified atom stereocenters. The summed E-state index contributed by atoms with van der Waals surface area (Å²) in [7, 11) is 1.28. The number of pyridine rings is 1. The number of aromatic nitrogens is 1. The van der Waals surface area contributed by atoms with Crippen LogP contribution < -0.4 is 10.6 Å². The molecule has 1 aliphatic heterocycles. The molecule has 0 spiro atoms. The van der Waals surface area contributed by atoms with E-state index in [1.54, 1.807) is 24.3 Å². The molecule has 2 heterocycles. The minimum Gasteiger partial charge on any atom is -0.453 e. The van der Waals surface area contributed by atoms with Crippen LogP contribution in [0.4, 0.5) is 16.2 Å². The highest BCUT2D eigenvalue weighted by atomic mass is 32.2. The van der Waals surface area contributed by atoms with Crippen molar-refractivity contribution in [2.75, 3.05) is 24.0 Å². The number of methoxy groups -OCH3 is 1. The molecule has 3 rings (SSSR count). The molecule has 2 amide bonds. The van der Waals surface area contributed by atoms with Gasteiger partial charge in [-0.2, -0.15) is 5.26 Å². The molecule has 132 valence electrons. The number of hydrogen-bond acceptors (Lipinski definition) is 6. The number of nitriles is 1.